The molecule has 2 N–H and O–H groups in total. The topological polar surface area (TPSA) is 26.0 Å². The molecule has 1 saturated carbocycles. The van der Waals surface area contributed by atoms with Crippen LogP contribution in [0.1, 0.15) is 25.3 Å². The van der Waals surface area contributed by atoms with Crippen LogP contribution in [0.4, 0.5) is 0 Å². The minimum atomic E-state index is 0.292. The Morgan fingerprint density at radius 3 is 2.25 bits per heavy atom. The summed E-state index contributed by atoms with van der Waals surface area (Å²) >= 11 is 0. The molecule has 1 heteroatoms. The lowest BCUT2D eigenvalue weighted by molar-refractivity contribution is 0.557. The predicted octanol–water partition coefficient (Wildman–Crippen LogP) is 2.07. The molecule has 1 aromatic rings. The van der Waals surface area contributed by atoms with E-state index in [2.05, 4.69) is 37.3 Å². The molecule has 1 aliphatic carbocycles. The molecule has 1 fully saturated rings. The summed E-state index contributed by atoms with van der Waals surface area (Å²) in [5.74, 6) is 0. The molecule has 0 bridgehead atoms. The average Bonchev–Trinajstić information content (AvgIpc) is 2.86. The van der Waals surface area contributed by atoms with Crippen molar-refractivity contribution in [2.75, 3.05) is 0 Å². The molecule has 0 spiro atoms. The van der Waals surface area contributed by atoms with Crippen LogP contribution >= 0.6 is 0 Å². The Morgan fingerprint density at radius 1 is 1.25 bits per heavy atom. The fourth-order valence-corrected chi connectivity index (χ4v) is 1.91. The summed E-state index contributed by atoms with van der Waals surface area (Å²) < 4.78 is 0. The Bertz CT molecular complexity index is 260. The molecule has 0 aromatic heterocycles. The van der Waals surface area contributed by atoms with Gasteiger partial charge in [-0.25, -0.2) is 0 Å². The van der Waals surface area contributed by atoms with Crippen molar-refractivity contribution < 1.29 is 0 Å². The summed E-state index contributed by atoms with van der Waals surface area (Å²) in [6, 6.07) is 10.9. The van der Waals surface area contributed by atoms with Gasteiger partial charge in [-0.1, -0.05) is 30.3 Å². The summed E-state index contributed by atoms with van der Waals surface area (Å²) in [6.45, 7) is 2.11. The molecule has 2 rings (SSSR count). The molecule has 0 amide bonds. The van der Waals surface area contributed by atoms with Crippen molar-refractivity contribution in [3.63, 3.8) is 0 Å². The molecule has 12 heavy (non-hydrogen) atoms. The minimum Gasteiger partial charge on any atom is -0.327 e. The lowest BCUT2D eigenvalue weighted by Crippen LogP contribution is -2.31. The molecule has 0 saturated heterocycles. The number of hydrogen-bond acceptors (Lipinski definition) is 1. The maximum Gasteiger partial charge on any atom is 0.0108 e. The molecule has 1 atom stereocenters. The Labute approximate surface area is 73.6 Å². The summed E-state index contributed by atoms with van der Waals surface area (Å²) in [4.78, 5) is 0. The van der Waals surface area contributed by atoms with E-state index in [1.165, 1.54) is 18.4 Å². The smallest absolute Gasteiger partial charge is 0.0108 e. The lowest BCUT2D eigenvalue weighted by atomic mass is 9.90. The quantitative estimate of drug-likeness (QED) is 0.706. The Balaban J connectivity index is 2.31. The second-order valence-electron chi connectivity index (χ2n) is 3.81. The van der Waals surface area contributed by atoms with Gasteiger partial charge in [-0.3, -0.25) is 0 Å². The summed E-state index contributed by atoms with van der Waals surface area (Å²) in [7, 11) is 0. The second kappa shape index (κ2) is 2.60. The zero-order valence-electron chi connectivity index (χ0n) is 7.46. The third kappa shape index (κ3) is 1.05. The van der Waals surface area contributed by atoms with Gasteiger partial charge in [-0.2, -0.15) is 0 Å². The largest absolute Gasteiger partial charge is 0.327 e. The van der Waals surface area contributed by atoms with Crippen LogP contribution in [-0.2, 0) is 5.41 Å². The highest BCUT2D eigenvalue weighted by molar-refractivity contribution is 5.33. The first-order valence-electron chi connectivity index (χ1n) is 4.57. The lowest BCUT2D eigenvalue weighted by Gasteiger charge is -2.19. The second-order valence-corrected chi connectivity index (χ2v) is 3.81. The first-order chi connectivity index (χ1) is 5.76. The minimum absolute atomic E-state index is 0.292. The van der Waals surface area contributed by atoms with Crippen molar-refractivity contribution in [3.8, 4) is 0 Å². The average molecular weight is 161 g/mol. The van der Waals surface area contributed by atoms with Gasteiger partial charge in [0, 0.05) is 11.5 Å². The third-order valence-corrected chi connectivity index (χ3v) is 3.01. The van der Waals surface area contributed by atoms with E-state index in [1.807, 2.05) is 0 Å². The van der Waals surface area contributed by atoms with Crippen LogP contribution in [0.5, 0.6) is 0 Å². The highest BCUT2D eigenvalue weighted by Crippen LogP contribution is 2.49. The normalized spacial score (nSPS) is 21.8. The van der Waals surface area contributed by atoms with Crippen LogP contribution in [0, 0.1) is 0 Å². The highest BCUT2D eigenvalue weighted by Gasteiger charge is 2.47. The summed E-state index contributed by atoms with van der Waals surface area (Å²) in [6.07, 6.45) is 2.52. The van der Waals surface area contributed by atoms with E-state index in [0.717, 1.165) is 0 Å². The van der Waals surface area contributed by atoms with Crippen molar-refractivity contribution in [2.45, 2.75) is 31.2 Å². The van der Waals surface area contributed by atoms with Crippen LogP contribution in [0.2, 0.25) is 0 Å². The standard InChI is InChI=1S/C11H15N/c1-9(12)11(7-8-11)10-5-3-2-4-6-10/h2-6,9H,7-8,12H2,1H3/t9-/m0/s1. The maximum atomic E-state index is 5.96. The van der Waals surface area contributed by atoms with Gasteiger partial charge in [0.1, 0.15) is 0 Å². The van der Waals surface area contributed by atoms with Crippen molar-refractivity contribution in [1.82, 2.24) is 0 Å². The molecule has 1 aliphatic rings. The fraction of sp³-hybridized carbons (Fsp3) is 0.455. The van der Waals surface area contributed by atoms with Crippen molar-refractivity contribution in [3.05, 3.63) is 35.9 Å². The zero-order chi connectivity index (χ0) is 8.60. The summed E-state index contributed by atoms with van der Waals surface area (Å²) in [5.41, 5.74) is 7.70. The molecular formula is C11H15N. The molecule has 0 unspecified atom stereocenters. The van der Waals surface area contributed by atoms with Crippen LogP contribution in [0.25, 0.3) is 0 Å². The third-order valence-electron chi connectivity index (χ3n) is 3.01. The van der Waals surface area contributed by atoms with Crippen molar-refractivity contribution in [1.29, 1.82) is 0 Å². The maximum absolute atomic E-state index is 5.96. The first-order valence-corrected chi connectivity index (χ1v) is 4.57. The van der Waals surface area contributed by atoms with Crippen LogP contribution in [-0.4, -0.2) is 6.04 Å². The van der Waals surface area contributed by atoms with E-state index < -0.39 is 0 Å². The molecule has 1 nitrogen and oxygen atoms in total. The Kier molecular flexibility index (Phi) is 1.69. The predicted molar refractivity (Wildman–Crippen MR) is 51.0 cm³/mol. The van der Waals surface area contributed by atoms with Gasteiger partial charge < -0.3 is 5.73 Å². The van der Waals surface area contributed by atoms with Crippen LogP contribution in [0.3, 0.4) is 0 Å². The molecular weight excluding hydrogens is 146 g/mol. The monoisotopic (exact) mass is 161 g/mol. The summed E-state index contributed by atoms with van der Waals surface area (Å²) in [5, 5.41) is 0. The van der Waals surface area contributed by atoms with E-state index in [0.29, 0.717) is 11.5 Å². The molecule has 0 heterocycles. The van der Waals surface area contributed by atoms with Crippen molar-refractivity contribution >= 4 is 0 Å². The van der Waals surface area contributed by atoms with Gasteiger partial charge in [0.2, 0.25) is 0 Å². The van der Waals surface area contributed by atoms with E-state index in [9.17, 15) is 0 Å². The van der Waals surface area contributed by atoms with E-state index >= 15 is 0 Å². The number of benzene rings is 1. The van der Waals surface area contributed by atoms with Gasteiger partial charge in [0.15, 0.2) is 0 Å². The number of hydrogen-bond donors (Lipinski definition) is 1. The first kappa shape index (κ1) is 7.81. The van der Waals surface area contributed by atoms with Gasteiger partial charge >= 0.3 is 0 Å². The SMILES string of the molecule is C[C@H](N)C1(c2ccccc2)CC1. The molecule has 0 aliphatic heterocycles. The Hall–Kier alpha value is -0.820. The van der Waals surface area contributed by atoms with Gasteiger partial charge in [0.25, 0.3) is 0 Å². The Morgan fingerprint density at radius 2 is 1.83 bits per heavy atom. The van der Waals surface area contributed by atoms with Crippen molar-refractivity contribution in [2.24, 2.45) is 5.73 Å². The number of rotatable bonds is 2. The van der Waals surface area contributed by atoms with Gasteiger partial charge in [0.05, 0.1) is 0 Å². The highest BCUT2D eigenvalue weighted by atomic mass is 14.7. The molecule has 64 valence electrons. The van der Waals surface area contributed by atoms with Gasteiger partial charge in [-0.15, -0.1) is 0 Å². The van der Waals surface area contributed by atoms with E-state index in [-0.39, 0.29) is 0 Å². The molecule has 1 aromatic carbocycles. The van der Waals surface area contributed by atoms with Crippen LogP contribution in [0.15, 0.2) is 30.3 Å². The van der Waals surface area contributed by atoms with Gasteiger partial charge in [-0.05, 0) is 25.3 Å². The fourth-order valence-electron chi connectivity index (χ4n) is 1.91. The molecule has 0 radical (unpaired) electrons. The number of nitrogens with two attached hydrogens (primary N) is 1. The van der Waals surface area contributed by atoms with E-state index in [1.54, 1.807) is 0 Å². The van der Waals surface area contributed by atoms with E-state index in [4.69, 9.17) is 5.73 Å². The van der Waals surface area contributed by atoms with Crippen LogP contribution < -0.4 is 5.73 Å². The zero-order valence-corrected chi connectivity index (χ0v) is 7.46.